The Kier molecular flexibility index (Phi) is 4.90. The molecule has 1 aromatic carbocycles. The highest BCUT2D eigenvalue weighted by Gasteiger charge is 2.11. The standard InChI is InChI=1S/C14H14ClF2N3O/c1-8(2)13-19-11(15)7-12(20-13)18-9-5-3-4-6-10(9)21-14(16)17/h3-8,14H,1-2H3,(H,18,19,20). The number of ether oxygens (including phenoxy) is 1. The van der Waals surface area contributed by atoms with Crippen LogP contribution in [0.2, 0.25) is 5.15 Å². The van der Waals surface area contributed by atoms with Gasteiger partial charge in [0.2, 0.25) is 0 Å². The van der Waals surface area contributed by atoms with Crippen LogP contribution in [-0.2, 0) is 0 Å². The zero-order chi connectivity index (χ0) is 15.4. The third kappa shape index (κ3) is 4.26. The molecule has 1 aromatic heterocycles. The van der Waals surface area contributed by atoms with Gasteiger partial charge in [0.05, 0.1) is 5.69 Å². The summed E-state index contributed by atoms with van der Waals surface area (Å²) in [4.78, 5) is 8.41. The first-order valence-electron chi connectivity index (χ1n) is 6.31. The minimum atomic E-state index is -2.90. The molecule has 0 aliphatic heterocycles. The van der Waals surface area contributed by atoms with E-state index < -0.39 is 6.61 Å². The van der Waals surface area contributed by atoms with Gasteiger partial charge in [-0.15, -0.1) is 0 Å². The molecule has 0 bridgehead atoms. The van der Waals surface area contributed by atoms with Gasteiger partial charge in [0.15, 0.2) is 0 Å². The number of nitrogens with zero attached hydrogens (tertiary/aromatic N) is 2. The van der Waals surface area contributed by atoms with Crippen LogP contribution in [0.15, 0.2) is 30.3 Å². The first kappa shape index (κ1) is 15.4. The van der Waals surface area contributed by atoms with E-state index in [9.17, 15) is 8.78 Å². The van der Waals surface area contributed by atoms with Gasteiger partial charge in [0, 0.05) is 12.0 Å². The van der Waals surface area contributed by atoms with Crippen molar-refractivity contribution >= 4 is 23.1 Å². The Morgan fingerprint density at radius 1 is 1.19 bits per heavy atom. The van der Waals surface area contributed by atoms with Crippen molar-refractivity contribution < 1.29 is 13.5 Å². The van der Waals surface area contributed by atoms with Crippen LogP contribution in [0, 0.1) is 0 Å². The van der Waals surface area contributed by atoms with Crippen molar-refractivity contribution in [2.75, 3.05) is 5.32 Å². The fourth-order valence-electron chi connectivity index (χ4n) is 1.66. The second-order valence-electron chi connectivity index (χ2n) is 4.59. The third-order valence-corrected chi connectivity index (χ3v) is 2.79. The van der Waals surface area contributed by atoms with Crippen molar-refractivity contribution in [1.29, 1.82) is 0 Å². The molecule has 0 aliphatic rings. The molecule has 0 amide bonds. The lowest BCUT2D eigenvalue weighted by Gasteiger charge is -2.13. The molecule has 1 N–H and O–H groups in total. The van der Waals surface area contributed by atoms with E-state index in [1.165, 1.54) is 12.1 Å². The summed E-state index contributed by atoms with van der Waals surface area (Å²) in [7, 11) is 0. The van der Waals surface area contributed by atoms with Crippen molar-refractivity contribution in [1.82, 2.24) is 9.97 Å². The topological polar surface area (TPSA) is 47.0 Å². The highest BCUT2D eigenvalue weighted by Crippen LogP contribution is 2.29. The van der Waals surface area contributed by atoms with Crippen LogP contribution in [0.1, 0.15) is 25.6 Å². The van der Waals surface area contributed by atoms with E-state index in [0.29, 0.717) is 17.3 Å². The molecule has 0 atom stereocenters. The van der Waals surface area contributed by atoms with Crippen molar-refractivity contribution in [2.45, 2.75) is 26.4 Å². The predicted molar refractivity (Wildman–Crippen MR) is 77.5 cm³/mol. The number of nitrogens with one attached hydrogen (secondary N) is 1. The zero-order valence-electron chi connectivity index (χ0n) is 11.5. The summed E-state index contributed by atoms with van der Waals surface area (Å²) in [5.41, 5.74) is 0.377. The Morgan fingerprint density at radius 3 is 2.57 bits per heavy atom. The second-order valence-corrected chi connectivity index (χ2v) is 4.98. The van der Waals surface area contributed by atoms with Gasteiger partial charge in [-0.25, -0.2) is 9.97 Å². The Labute approximate surface area is 126 Å². The van der Waals surface area contributed by atoms with Crippen molar-refractivity contribution in [3.8, 4) is 5.75 Å². The Hall–Kier alpha value is -1.95. The average Bonchev–Trinajstić information content (AvgIpc) is 2.39. The molecule has 0 aliphatic carbocycles. The molecule has 112 valence electrons. The lowest BCUT2D eigenvalue weighted by molar-refractivity contribution is -0.0493. The number of anilines is 2. The number of alkyl halides is 2. The van der Waals surface area contributed by atoms with Crippen molar-refractivity contribution in [3.63, 3.8) is 0 Å². The average molecular weight is 314 g/mol. The van der Waals surface area contributed by atoms with E-state index >= 15 is 0 Å². The molecule has 0 unspecified atom stereocenters. The molecule has 4 nitrogen and oxygen atoms in total. The fourth-order valence-corrected chi connectivity index (χ4v) is 1.85. The monoisotopic (exact) mass is 313 g/mol. The lowest BCUT2D eigenvalue weighted by atomic mass is 10.2. The van der Waals surface area contributed by atoms with Crippen LogP contribution < -0.4 is 10.1 Å². The summed E-state index contributed by atoms with van der Waals surface area (Å²) in [6.07, 6.45) is 0. The molecule has 0 radical (unpaired) electrons. The Morgan fingerprint density at radius 2 is 1.90 bits per heavy atom. The quantitative estimate of drug-likeness (QED) is 0.820. The molecular weight excluding hydrogens is 300 g/mol. The Bertz CT molecular complexity index is 623. The van der Waals surface area contributed by atoms with Gasteiger partial charge in [0.1, 0.15) is 22.5 Å². The smallest absolute Gasteiger partial charge is 0.387 e. The molecule has 1 heterocycles. The highest BCUT2D eigenvalue weighted by molar-refractivity contribution is 6.29. The first-order chi connectivity index (χ1) is 9.95. The van der Waals surface area contributed by atoms with E-state index in [2.05, 4.69) is 20.0 Å². The SMILES string of the molecule is CC(C)c1nc(Cl)cc(Nc2ccccc2OC(F)F)n1. The normalized spacial score (nSPS) is 11.0. The van der Waals surface area contributed by atoms with Crippen LogP contribution in [0.3, 0.4) is 0 Å². The number of para-hydroxylation sites is 2. The molecule has 7 heteroatoms. The number of hydrogen-bond donors (Lipinski definition) is 1. The number of benzene rings is 1. The summed E-state index contributed by atoms with van der Waals surface area (Å²) >= 11 is 5.94. The molecule has 0 saturated carbocycles. The number of aromatic nitrogens is 2. The third-order valence-electron chi connectivity index (χ3n) is 2.59. The summed E-state index contributed by atoms with van der Waals surface area (Å²) in [5.74, 6) is 1.12. The summed E-state index contributed by atoms with van der Waals surface area (Å²) in [6, 6.07) is 7.89. The molecular formula is C14H14ClF2N3O. The minimum Gasteiger partial charge on any atom is -0.433 e. The van der Waals surface area contributed by atoms with Crippen LogP contribution in [0.4, 0.5) is 20.3 Å². The van der Waals surface area contributed by atoms with E-state index in [0.717, 1.165) is 0 Å². The maximum Gasteiger partial charge on any atom is 0.387 e. The van der Waals surface area contributed by atoms with Crippen LogP contribution in [0.5, 0.6) is 5.75 Å². The molecule has 21 heavy (non-hydrogen) atoms. The van der Waals surface area contributed by atoms with Gasteiger partial charge in [-0.1, -0.05) is 37.6 Å². The van der Waals surface area contributed by atoms with Crippen LogP contribution in [0.25, 0.3) is 0 Å². The fraction of sp³-hybridized carbons (Fsp3) is 0.286. The van der Waals surface area contributed by atoms with Crippen LogP contribution >= 0.6 is 11.6 Å². The van der Waals surface area contributed by atoms with Gasteiger partial charge in [0.25, 0.3) is 0 Å². The van der Waals surface area contributed by atoms with Gasteiger partial charge in [-0.05, 0) is 12.1 Å². The first-order valence-corrected chi connectivity index (χ1v) is 6.69. The molecule has 2 rings (SSSR count). The second kappa shape index (κ2) is 6.67. The van der Waals surface area contributed by atoms with E-state index in [4.69, 9.17) is 11.6 Å². The summed E-state index contributed by atoms with van der Waals surface area (Å²) in [6.45, 7) is 0.972. The molecule has 2 aromatic rings. The molecule has 0 fully saturated rings. The molecule has 0 saturated heterocycles. The van der Waals surface area contributed by atoms with Crippen LogP contribution in [-0.4, -0.2) is 16.6 Å². The largest absolute Gasteiger partial charge is 0.433 e. The molecule has 0 spiro atoms. The lowest BCUT2D eigenvalue weighted by Crippen LogP contribution is -2.06. The van der Waals surface area contributed by atoms with E-state index in [1.54, 1.807) is 18.2 Å². The van der Waals surface area contributed by atoms with Crippen molar-refractivity contribution in [2.24, 2.45) is 0 Å². The van der Waals surface area contributed by atoms with E-state index in [1.807, 2.05) is 13.8 Å². The van der Waals surface area contributed by atoms with Gasteiger partial charge < -0.3 is 10.1 Å². The zero-order valence-corrected chi connectivity index (χ0v) is 12.2. The summed E-state index contributed by atoms with van der Waals surface area (Å²) < 4.78 is 29.2. The van der Waals surface area contributed by atoms with Gasteiger partial charge >= 0.3 is 6.61 Å². The maximum absolute atomic E-state index is 12.4. The number of halogens is 3. The number of rotatable bonds is 5. The van der Waals surface area contributed by atoms with Gasteiger partial charge in [-0.2, -0.15) is 8.78 Å². The van der Waals surface area contributed by atoms with Gasteiger partial charge in [-0.3, -0.25) is 0 Å². The Balaban J connectivity index is 2.30. The predicted octanol–water partition coefficient (Wildman–Crippen LogP) is 4.60. The maximum atomic E-state index is 12.4. The van der Waals surface area contributed by atoms with Crippen molar-refractivity contribution in [3.05, 3.63) is 41.3 Å². The van der Waals surface area contributed by atoms with E-state index in [-0.39, 0.29) is 16.8 Å². The highest BCUT2D eigenvalue weighted by atomic mass is 35.5. The number of hydrogen-bond acceptors (Lipinski definition) is 4. The summed E-state index contributed by atoms with van der Waals surface area (Å²) in [5, 5.41) is 3.20. The minimum absolute atomic E-state index is 0.0355.